The Morgan fingerprint density at radius 1 is 1.33 bits per heavy atom. The lowest BCUT2D eigenvalue weighted by Crippen LogP contribution is -2.36. The second-order valence-corrected chi connectivity index (χ2v) is 9.73. The molecule has 2 aromatic carbocycles. The molecule has 0 saturated heterocycles. The third kappa shape index (κ3) is 4.47. The van der Waals surface area contributed by atoms with Crippen molar-refractivity contribution in [3.63, 3.8) is 0 Å². The largest absolute Gasteiger partial charge is 0.479 e. The first-order valence-corrected chi connectivity index (χ1v) is 11.1. The molecule has 0 spiro atoms. The molecule has 1 aliphatic heterocycles. The topological polar surface area (TPSA) is 105 Å². The summed E-state index contributed by atoms with van der Waals surface area (Å²) in [5.74, 6) is -1.45. The first kappa shape index (κ1) is 22.2. The monoisotopic (exact) mass is 499 g/mol. The van der Waals surface area contributed by atoms with Gasteiger partial charge in [0.05, 0.1) is 22.8 Å². The molecule has 2 amide bonds. The van der Waals surface area contributed by atoms with Crippen molar-refractivity contribution in [2.24, 2.45) is 0 Å². The summed E-state index contributed by atoms with van der Waals surface area (Å²) in [6, 6.07) is 6.92. The number of hydrogen-bond donors (Lipinski definition) is 2. The molecule has 8 nitrogen and oxygen atoms in total. The second kappa shape index (κ2) is 8.32. The molecule has 0 bridgehead atoms. The van der Waals surface area contributed by atoms with Crippen molar-refractivity contribution in [1.82, 2.24) is 4.31 Å². The van der Waals surface area contributed by atoms with Crippen LogP contribution in [0.15, 0.2) is 39.7 Å². The molecular formula is C19H19BrFN3O5S. The van der Waals surface area contributed by atoms with E-state index in [9.17, 15) is 22.4 Å². The zero-order valence-corrected chi connectivity index (χ0v) is 18.7. The molecule has 30 heavy (non-hydrogen) atoms. The summed E-state index contributed by atoms with van der Waals surface area (Å²) in [5, 5.41) is 5.01. The van der Waals surface area contributed by atoms with E-state index in [2.05, 4.69) is 26.6 Å². The minimum atomic E-state index is -4.06. The highest BCUT2D eigenvalue weighted by Gasteiger charge is 2.30. The van der Waals surface area contributed by atoms with Gasteiger partial charge in [0.2, 0.25) is 15.9 Å². The van der Waals surface area contributed by atoms with Gasteiger partial charge < -0.3 is 15.4 Å². The quantitative estimate of drug-likeness (QED) is 0.657. The van der Waals surface area contributed by atoms with Crippen molar-refractivity contribution in [2.75, 3.05) is 24.2 Å². The third-order valence-corrected chi connectivity index (χ3v) is 6.91. The Bertz CT molecular complexity index is 1140. The van der Waals surface area contributed by atoms with Crippen molar-refractivity contribution in [3.05, 3.63) is 46.2 Å². The number of hydrogen-bond acceptors (Lipinski definition) is 5. The number of halogens is 2. The minimum absolute atomic E-state index is 0.0583. The van der Waals surface area contributed by atoms with Gasteiger partial charge in [-0.3, -0.25) is 9.59 Å². The number of benzene rings is 2. The number of amides is 2. The van der Waals surface area contributed by atoms with Crippen LogP contribution in [0.4, 0.5) is 15.8 Å². The lowest BCUT2D eigenvalue weighted by Gasteiger charge is -2.25. The van der Waals surface area contributed by atoms with Crippen LogP contribution in [0.1, 0.15) is 12.5 Å². The highest BCUT2D eigenvalue weighted by Crippen LogP contribution is 2.35. The van der Waals surface area contributed by atoms with Crippen LogP contribution >= 0.6 is 15.9 Å². The number of aryl methyl sites for hydroxylation is 1. The molecule has 1 atom stereocenters. The van der Waals surface area contributed by atoms with Crippen LogP contribution < -0.4 is 15.4 Å². The van der Waals surface area contributed by atoms with Gasteiger partial charge in [-0.25, -0.2) is 12.8 Å². The number of ether oxygens (including phenoxy) is 1. The zero-order valence-electron chi connectivity index (χ0n) is 16.3. The predicted octanol–water partition coefficient (Wildman–Crippen LogP) is 2.88. The number of anilines is 2. The molecule has 0 saturated carbocycles. The number of carbonyl (C=O) groups excluding carboxylic acids is 2. The van der Waals surface area contributed by atoms with Crippen LogP contribution in [0.5, 0.6) is 5.75 Å². The number of sulfonamides is 1. The van der Waals surface area contributed by atoms with Gasteiger partial charge in [0, 0.05) is 17.6 Å². The van der Waals surface area contributed by atoms with E-state index in [1.807, 2.05) is 0 Å². The Kier molecular flexibility index (Phi) is 6.16. The van der Waals surface area contributed by atoms with E-state index in [1.54, 1.807) is 19.9 Å². The Balaban J connectivity index is 1.80. The van der Waals surface area contributed by atoms with Crippen molar-refractivity contribution in [1.29, 1.82) is 0 Å². The molecule has 0 aromatic heterocycles. The van der Waals surface area contributed by atoms with Crippen molar-refractivity contribution in [2.45, 2.75) is 24.8 Å². The number of likely N-dealkylation sites (N-methyl/N-ethyl adjacent to an activating group) is 1. The normalized spacial score (nSPS) is 15.9. The SMILES string of the molecule is Cc1cc2c(cc1S(=O)(=O)N(C)CC(=O)Nc1ccc(Br)cc1F)O[C@H](C)C(=O)N2. The number of rotatable bonds is 5. The summed E-state index contributed by atoms with van der Waals surface area (Å²) < 4.78 is 46.8. The Hall–Kier alpha value is -2.50. The standard InChI is InChI=1S/C19H19BrFN3O5S/c1-10-6-15-16(29-11(2)19(26)23-15)8-17(10)30(27,28)24(3)9-18(25)22-14-5-4-12(20)7-13(14)21/h4-8,11H,9H2,1-3H3,(H,22,25)(H,23,26)/t11-/m1/s1. The number of fused-ring (bicyclic) bond motifs is 1. The lowest BCUT2D eigenvalue weighted by molar-refractivity contribution is -0.122. The highest BCUT2D eigenvalue weighted by molar-refractivity contribution is 9.10. The van der Waals surface area contributed by atoms with Crippen LogP contribution in [-0.2, 0) is 19.6 Å². The van der Waals surface area contributed by atoms with Gasteiger partial charge in [0.1, 0.15) is 11.6 Å². The third-order valence-electron chi connectivity index (χ3n) is 4.47. The molecule has 11 heteroatoms. The lowest BCUT2D eigenvalue weighted by atomic mass is 10.1. The van der Waals surface area contributed by atoms with Gasteiger partial charge in [-0.05, 0) is 43.7 Å². The van der Waals surface area contributed by atoms with E-state index < -0.39 is 34.4 Å². The van der Waals surface area contributed by atoms with Crippen LogP contribution in [0, 0.1) is 12.7 Å². The van der Waals surface area contributed by atoms with Gasteiger partial charge in [-0.2, -0.15) is 4.31 Å². The van der Waals surface area contributed by atoms with Gasteiger partial charge in [0.15, 0.2) is 6.10 Å². The van der Waals surface area contributed by atoms with E-state index >= 15 is 0 Å². The van der Waals surface area contributed by atoms with Gasteiger partial charge in [0.25, 0.3) is 5.91 Å². The van der Waals surface area contributed by atoms with E-state index in [0.29, 0.717) is 15.7 Å². The number of nitrogens with one attached hydrogen (secondary N) is 2. The summed E-state index contributed by atoms with van der Waals surface area (Å²) in [4.78, 5) is 23.9. The molecule has 3 rings (SSSR count). The summed E-state index contributed by atoms with van der Waals surface area (Å²) in [7, 11) is -2.81. The molecular weight excluding hydrogens is 481 g/mol. The smallest absolute Gasteiger partial charge is 0.265 e. The summed E-state index contributed by atoms with van der Waals surface area (Å²) in [6.45, 7) is 2.59. The van der Waals surface area contributed by atoms with E-state index in [4.69, 9.17) is 4.74 Å². The van der Waals surface area contributed by atoms with Gasteiger partial charge in [-0.1, -0.05) is 15.9 Å². The fourth-order valence-corrected chi connectivity index (χ4v) is 4.53. The minimum Gasteiger partial charge on any atom is -0.479 e. The average molecular weight is 500 g/mol. The summed E-state index contributed by atoms with van der Waals surface area (Å²) in [5.41, 5.74) is 0.691. The first-order valence-electron chi connectivity index (χ1n) is 8.82. The van der Waals surface area contributed by atoms with Crippen molar-refractivity contribution in [3.8, 4) is 5.75 Å². The van der Waals surface area contributed by atoms with Crippen LogP contribution in [0.3, 0.4) is 0 Å². The molecule has 0 fully saturated rings. The molecule has 0 aliphatic carbocycles. The van der Waals surface area contributed by atoms with Crippen LogP contribution in [0.25, 0.3) is 0 Å². The molecule has 2 aromatic rings. The first-order chi connectivity index (χ1) is 14.0. The Morgan fingerprint density at radius 3 is 2.70 bits per heavy atom. The maximum Gasteiger partial charge on any atom is 0.265 e. The average Bonchev–Trinajstić information content (AvgIpc) is 2.64. The fourth-order valence-electron chi connectivity index (χ4n) is 2.86. The van der Waals surface area contributed by atoms with Crippen molar-refractivity contribution < 1.29 is 27.1 Å². The fraction of sp³-hybridized carbons (Fsp3) is 0.263. The number of carbonyl (C=O) groups is 2. The summed E-state index contributed by atoms with van der Waals surface area (Å²) >= 11 is 3.12. The molecule has 0 unspecified atom stereocenters. The second-order valence-electron chi connectivity index (χ2n) is 6.80. The number of nitrogens with zero attached hydrogens (tertiary/aromatic N) is 1. The zero-order chi connectivity index (χ0) is 22.2. The molecule has 1 aliphatic rings. The Morgan fingerprint density at radius 2 is 2.03 bits per heavy atom. The van der Waals surface area contributed by atoms with Gasteiger partial charge in [-0.15, -0.1) is 0 Å². The summed E-state index contributed by atoms with van der Waals surface area (Å²) in [6.07, 6.45) is -0.764. The predicted molar refractivity (Wildman–Crippen MR) is 112 cm³/mol. The van der Waals surface area contributed by atoms with E-state index in [1.165, 1.54) is 31.3 Å². The van der Waals surface area contributed by atoms with E-state index in [-0.39, 0.29) is 22.2 Å². The molecule has 160 valence electrons. The van der Waals surface area contributed by atoms with Crippen LogP contribution in [0.2, 0.25) is 0 Å². The highest BCUT2D eigenvalue weighted by atomic mass is 79.9. The maximum atomic E-state index is 13.9. The van der Waals surface area contributed by atoms with Crippen molar-refractivity contribution >= 4 is 49.1 Å². The maximum absolute atomic E-state index is 13.9. The van der Waals surface area contributed by atoms with E-state index in [0.717, 1.165) is 4.31 Å². The molecule has 2 N–H and O–H groups in total. The Labute approximate surface area is 181 Å². The molecule has 1 heterocycles. The van der Waals surface area contributed by atoms with Gasteiger partial charge >= 0.3 is 0 Å². The molecule has 0 radical (unpaired) electrons. The van der Waals surface area contributed by atoms with Crippen LogP contribution in [-0.4, -0.2) is 44.2 Å².